The molecule has 0 unspecified atom stereocenters. The van der Waals surface area contributed by atoms with E-state index in [-0.39, 0.29) is 10.6 Å². The monoisotopic (exact) mass is 307 g/mol. The molecule has 18 heavy (non-hydrogen) atoms. The number of hydrogen-bond acceptors (Lipinski definition) is 2. The molecule has 0 saturated carbocycles. The highest BCUT2D eigenvalue weighted by atomic mass is 35.5. The SMILES string of the molecule is O=c1c(Cl)c(CP(=O)(O)O)c2ccccc2n1Cl. The Balaban J connectivity index is 2.87. The largest absolute Gasteiger partial charge is 0.329 e. The highest BCUT2D eigenvalue weighted by molar-refractivity contribution is 7.50. The number of nitrogens with zero attached hydrogens (tertiary/aromatic N) is 1. The van der Waals surface area contributed by atoms with Crippen LogP contribution >= 0.6 is 31.0 Å². The quantitative estimate of drug-likeness (QED) is 0.835. The molecule has 0 amide bonds. The molecule has 5 nitrogen and oxygen atoms in total. The number of hydrogen-bond donors (Lipinski definition) is 2. The fourth-order valence-electron chi connectivity index (χ4n) is 1.70. The van der Waals surface area contributed by atoms with Gasteiger partial charge in [-0.2, -0.15) is 0 Å². The van der Waals surface area contributed by atoms with Gasteiger partial charge in [0, 0.05) is 17.2 Å². The van der Waals surface area contributed by atoms with E-state index in [2.05, 4.69) is 0 Å². The van der Waals surface area contributed by atoms with E-state index in [1.54, 1.807) is 24.3 Å². The summed E-state index contributed by atoms with van der Waals surface area (Å²) >= 11 is 11.6. The van der Waals surface area contributed by atoms with Crippen LogP contribution in [0.1, 0.15) is 5.56 Å². The molecule has 1 heterocycles. The van der Waals surface area contributed by atoms with E-state index < -0.39 is 19.3 Å². The Morgan fingerprint density at radius 1 is 1.28 bits per heavy atom. The lowest BCUT2D eigenvalue weighted by atomic mass is 10.1. The molecule has 96 valence electrons. The molecule has 1 aromatic heterocycles. The summed E-state index contributed by atoms with van der Waals surface area (Å²) in [5.74, 6) is 0. The van der Waals surface area contributed by atoms with Crippen LogP contribution in [-0.2, 0) is 10.7 Å². The van der Waals surface area contributed by atoms with E-state index in [0.717, 1.165) is 4.09 Å². The standard InChI is InChI=1S/C10H8Cl2NO4P/c11-9-7(5-18(15,16)17)6-3-1-2-4-8(6)13(12)10(9)14/h1-4H,5H2,(H2,15,16,17). The van der Waals surface area contributed by atoms with Crippen molar-refractivity contribution in [2.24, 2.45) is 0 Å². The summed E-state index contributed by atoms with van der Waals surface area (Å²) in [4.78, 5) is 29.8. The summed E-state index contributed by atoms with van der Waals surface area (Å²) in [5.41, 5.74) is -0.222. The number of aromatic nitrogens is 1. The minimum atomic E-state index is -4.33. The van der Waals surface area contributed by atoms with Crippen molar-refractivity contribution < 1.29 is 14.4 Å². The fraction of sp³-hybridized carbons (Fsp3) is 0.100. The molecule has 0 spiro atoms. The topological polar surface area (TPSA) is 79.5 Å². The second-order valence-corrected chi connectivity index (χ2v) is 6.08. The zero-order valence-electron chi connectivity index (χ0n) is 8.88. The molecule has 0 atom stereocenters. The third kappa shape index (κ3) is 2.46. The molecule has 1 aromatic carbocycles. The average Bonchev–Trinajstić information content (AvgIpc) is 2.31. The predicted molar refractivity (Wildman–Crippen MR) is 70.2 cm³/mol. The number of pyridine rings is 1. The van der Waals surface area contributed by atoms with Gasteiger partial charge in [0.25, 0.3) is 5.56 Å². The van der Waals surface area contributed by atoms with Gasteiger partial charge in [-0.15, -0.1) is 0 Å². The zero-order chi connectivity index (χ0) is 13.5. The van der Waals surface area contributed by atoms with Gasteiger partial charge in [0.1, 0.15) is 5.02 Å². The summed E-state index contributed by atoms with van der Waals surface area (Å²) in [6, 6.07) is 6.51. The molecular weight excluding hydrogens is 300 g/mol. The first-order chi connectivity index (χ1) is 8.31. The third-order valence-corrected chi connectivity index (χ3v) is 3.89. The summed E-state index contributed by atoms with van der Waals surface area (Å²) in [6.45, 7) is 0. The smallest absolute Gasteiger partial charge is 0.324 e. The number of fused-ring (bicyclic) bond motifs is 1. The molecule has 0 bridgehead atoms. The van der Waals surface area contributed by atoms with E-state index in [0.29, 0.717) is 10.9 Å². The van der Waals surface area contributed by atoms with E-state index in [1.807, 2.05) is 0 Å². The molecular formula is C10H8Cl2NO4P. The Kier molecular flexibility index (Phi) is 3.54. The lowest BCUT2D eigenvalue weighted by Crippen LogP contribution is -2.16. The maximum absolute atomic E-state index is 11.7. The van der Waals surface area contributed by atoms with Gasteiger partial charge in [-0.1, -0.05) is 29.8 Å². The van der Waals surface area contributed by atoms with Gasteiger partial charge in [-0.05, 0) is 11.6 Å². The minimum Gasteiger partial charge on any atom is -0.324 e. The van der Waals surface area contributed by atoms with Crippen LogP contribution in [0.2, 0.25) is 5.02 Å². The van der Waals surface area contributed by atoms with Crippen LogP contribution in [0.3, 0.4) is 0 Å². The summed E-state index contributed by atoms with van der Waals surface area (Å²) in [5, 5.41) is 0.174. The van der Waals surface area contributed by atoms with Gasteiger partial charge in [-0.25, -0.2) is 4.09 Å². The molecule has 2 rings (SSSR count). The van der Waals surface area contributed by atoms with Crippen molar-refractivity contribution in [3.8, 4) is 0 Å². The normalized spacial score (nSPS) is 12.0. The number of para-hydroxylation sites is 1. The highest BCUT2D eigenvalue weighted by Gasteiger charge is 2.22. The van der Waals surface area contributed by atoms with Crippen molar-refractivity contribution >= 4 is 41.9 Å². The van der Waals surface area contributed by atoms with Crippen molar-refractivity contribution in [1.82, 2.24) is 4.09 Å². The van der Waals surface area contributed by atoms with E-state index in [1.165, 1.54) is 0 Å². The van der Waals surface area contributed by atoms with Crippen LogP contribution < -0.4 is 5.56 Å². The fourth-order valence-corrected chi connectivity index (χ4v) is 3.07. The Morgan fingerprint density at radius 3 is 2.50 bits per heavy atom. The Hall–Kier alpha value is -0.840. The molecule has 0 radical (unpaired) electrons. The average molecular weight is 308 g/mol. The van der Waals surface area contributed by atoms with E-state index >= 15 is 0 Å². The Morgan fingerprint density at radius 2 is 1.89 bits per heavy atom. The van der Waals surface area contributed by atoms with Crippen LogP contribution in [0, 0.1) is 0 Å². The Bertz CT molecular complexity index is 722. The molecule has 0 saturated heterocycles. The maximum Gasteiger partial charge on any atom is 0.329 e. The first-order valence-electron chi connectivity index (χ1n) is 4.84. The predicted octanol–water partition coefficient (Wildman–Crippen LogP) is 2.33. The molecule has 2 aromatic rings. The lowest BCUT2D eigenvalue weighted by Gasteiger charge is -2.11. The van der Waals surface area contributed by atoms with Crippen molar-refractivity contribution in [2.75, 3.05) is 0 Å². The molecule has 0 aliphatic heterocycles. The van der Waals surface area contributed by atoms with Crippen molar-refractivity contribution in [2.45, 2.75) is 6.16 Å². The van der Waals surface area contributed by atoms with E-state index in [4.69, 9.17) is 33.2 Å². The molecule has 0 aliphatic rings. The second kappa shape index (κ2) is 4.68. The van der Waals surface area contributed by atoms with Crippen LogP contribution in [-0.4, -0.2) is 13.9 Å². The van der Waals surface area contributed by atoms with Crippen molar-refractivity contribution in [1.29, 1.82) is 0 Å². The lowest BCUT2D eigenvalue weighted by molar-refractivity contribution is 0.372. The zero-order valence-corrected chi connectivity index (χ0v) is 11.3. The van der Waals surface area contributed by atoms with Gasteiger partial charge >= 0.3 is 7.60 Å². The van der Waals surface area contributed by atoms with Gasteiger partial charge in [0.15, 0.2) is 0 Å². The minimum absolute atomic E-state index is 0.113. The first kappa shape index (κ1) is 13.6. The third-order valence-electron chi connectivity index (χ3n) is 2.44. The van der Waals surface area contributed by atoms with E-state index in [9.17, 15) is 9.36 Å². The van der Waals surface area contributed by atoms with Crippen LogP contribution in [0.4, 0.5) is 0 Å². The molecule has 8 heteroatoms. The summed E-state index contributed by atoms with van der Waals surface area (Å²) in [6.07, 6.45) is -0.598. The van der Waals surface area contributed by atoms with Crippen LogP contribution in [0.15, 0.2) is 29.1 Å². The highest BCUT2D eigenvalue weighted by Crippen LogP contribution is 2.42. The first-order valence-corrected chi connectivity index (χ1v) is 7.35. The summed E-state index contributed by atoms with van der Waals surface area (Å²) < 4.78 is 11.9. The molecule has 0 fully saturated rings. The van der Waals surface area contributed by atoms with Gasteiger partial charge in [-0.3, -0.25) is 9.36 Å². The van der Waals surface area contributed by atoms with Gasteiger partial charge in [0.05, 0.1) is 11.7 Å². The van der Waals surface area contributed by atoms with Gasteiger partial charge < -0.3 is 9.79 Å². The maximum atomic E-state index is 11.7. The van der Waals surface area contributed by atoms with Crippen LogP contribution in [0.5, 0.6) is 0 Å². The number of halogens is 2. The molecule has 0 aliphatic carbocycles. The second-order valence-electron chi connectivity index (χ2n) is 3.72. The number of benzene rings is 1. The van der Waals surface area contributed by atoms with Crippen molar-refractivity contribution in [3.63, 3.8) is 0 Å². The number of rotatable bonds is 2. The Labute approximate surface area is 112 Å². The van der Waals surface area contributed by atoms with Crippen molar-refractivity contribution in [3.05, 3.63) is 45.2 Å². The van der Waals surface area contributed by atoms with Crippen LogP contribution in [0.25, 0.3) is 10.9 Å². The van der Waals surface area contributed by atoms with Gasteiger partial charge in [0.2, 0.25) is 0 Å². The molecule has 2 N–H and O–H groups in total. The summed E-state index contributed by atoms with van der Waals surface area (Å²) in [7, 11) is -4.33.